The van der Waals surface area contributed by atoms with E-state index >= 15 is 0 Å². The van der Waals surface area contributed by atoms with Crippen LogP contribution in [0.25, 0.3) is 0 Å². The number of hydrogen-bond acceptors (Lipinski definition) is 4. The third-order valence-electron chi connectivity index (χ3n) is 0.999. The number of ether oxygens (including phenoxy) is 1. The van der Waals surface area contributed by atoms with Crippen molar-refractivity contribution in [2.24, 2.45) is 0 Å². The van der Waals surface area contributed by atoms with E-state index in [-0.39, 0.29) is 6.47 Å². The van der Waals surface area contributed by atoms with Crippen LogP contribution in [0.15, 0.2) is 0 Å². The van der Waals surface area contributed by atoms with Crippen LogP contribution in [-0.4, -0.2) is 35.5 Å². The van der Waals surface area contributed by atoms with E-state index in [1.54, 1.807) is 0 Å². The largest absolute Gasteiger partial charge is 0.462 e. The lowest BCUT2D eigenvalue weighted by molar-refractivity contribution is -0.139. The second kappa shape index (κ2) is 4.29. The van der Waals surface area contributed by atoms with Crippen LogP contribution in [0.2, 0.25) is 0 Å². The molecule has 0 fully saturated rings. The van der Waals surface area contributed by atoms with Gasteiger partial charge in [0.05, 0.1) is 6.61 Å². The zero-order valence-corrected chi connectivity index (χ0v) is 5.15. The zero-order valence-electron chi connectivity index (χ0n) is 5.15. The van der Waals surface area contributed by atoms with Crippen LogP contribution in [0, 0.1) is 0 Å². The minimum atomic E-state index is -0.977. The summed E-state index contributed by atoms with van der Waals surface area (Å²) in [5, 5.41) is 17.0. The highest BCUT2D eigenvalue weighted by atomic mass is 16.5. The lowest BCUT2D eigenvalue weighted by Gasteiger charge is -2.13. The average Bonchev–Trinajstić information content (AvgIpc) is 1.87. The maximum atomic E-state index is 9.62. The molecule has 4 nitrogen and oxygen atoms in total. The molecule has 0 aliphatic heterocycles. The monoisotopic (exact) mass is 134 g/mol. The Morgan fingerprint density at radius 2 is 2.33 bits per heavy atom. The first kappa shape index (κ1) is 8.39. The van der Waals surface area contributed by atoms with Gasteiger partial charge in [-0.25, -0.2) is 0 Å². The van der Waals surface area contributed by atoms with E-state index in [1.165, 1.54) is 6.92 Å². The fourth-order valence-corrected chi connectivity index (χ4v) is 0.327. The van der Waals surface area contributed by atoms with Crippen LogP contribution in [0.4, 0.5) is 0 Å². The van der Waals surface area contributed by atoms with Crippen molar-refractivity contribution in [3.05, 3.63) is 0 Å². The highest BCUT2D eigenvalue weighted by molar-refractivity contribution is 5.37. The van der Waals surface area contributed by atoms with Gasteiger partial charge in [-0.05, 0) is 6.92 Å². The van der Waals surface area contributed by atoms with E-state index in [4.69, 9.17) is 10.2 Å². The third kappa shape index (κ3) is 3.05. The van der Waals surface area contributed by atoms with Crippen LogP contribution in [0.1, 0.15) is 6.92 Å². The van der Waals surface area contributed by atoms with Gasteiger partial charge in [-0.3, -0.25) is 4.79 Å². The van der Waals surface area contributed by atoms with Crippen molar-refractivity contribution in [3.63, 3.8) is 0 Å². The van der Waals surface area contributed by atoms with Crippen molar-refractivity contribution >= 4 is 6.47 Å². The molecule has 0 saturated heterocycles. The van der Waals surface area contributed by atoms with Crippen LogP contribution in [-0.2, 0) is 9.53 Å². The van der Waals surface area contributed by atoms with Gasteiger partial charge in [-0.15, -0.1) is 0 Å². The van der Waals surface area contributed by atoms with E-state index in [1.807, 2.05) is 0 Å². The van der Waals surface area contributed by atoms with Gasteiger partial charge in [-0.2, -0.15) is 0 Å². The molecule has 0 bridgehead atoms. The molecular formula is C5H10O4. The summed E-state index contributed by atoms with van der Waals surface area (Å²) < 4.78 is 4.30. The van der Waals surface area contributed by atoms with Crippen molar-refractivity contribution in [2.45, 2.75) is 19.1 Å². The van der Waals surface area contributed by atoms with E-state index in [9.17, 15) is 4.79 Å². The number of aliphatic hydroxyl groups is 2. The van der Waals surface area contributed by atoms with Gasteiger partial charge in [0.1, 0.15) is 12.2 Å². The Balaban J connectivity index is 3.44. The molecule has 2 unspecified atom stereocenters. The van der Waals surface area contributed by atoms with Crippen LogP contribution >= 0.6 is 0 Å². The number of hydrogen-bond donors (Lipinski definition) is 2. The summed E-state index contributed by atoms with van der Waals surface area (Å²) in [4.78, 5) is 9.62. The Labute approximate surface area is 53.1 Å². The quantitative estimate of drug-likeness (QED) is 0.479. The zero-order chi connectivity index (χ0) is 7.28. The third-order valence-corrected chi connectivity index (χ3v) is 0.999. The summed E-state index contributed by atoms with van der Waals surface area (Å²) in [6, 6.07) is 0. The molecule has 4 heteroatoms. The molecule has 2 N–H and O–H groups in total. The molecule has 0 saturated carbocycles. The molecule has 2 atom stereocenters. The Morgan fingerprint density at radius 3 is 2.67 bits per heavy atom. The predicted octanol–water partition coefficient (Wildman–Crippen LogP) is -1.10. The number of carbonyl (C=O) groups is 1. The first-order chi connectivity index (χ1) is 4.22. The molecule has 0 aromatic carbocycles. The Bertz CT molecular complexity index is 83.0. The lowest BCUT2D eigenvalue weighted by Crippen LogP contribution is -2.28. The maximum absolute atomic E-state index is 9.62. The molecule has 9 heavy (non-hydrogen) atoms. The molecule has 0 heterocycles. The predicted molar refractivity (Wildman–Crippen MR) is 29.7 cm³/mol. The van der Waals surface area contributed by atoms with Crippen LogP contribution < -0.4 is 0 Å². The molecule has 0 aromatic rings. The second-order valence-electron chi connectivity index (χ2n) is 1.69. The van der Waals surface area contributed by atoms with Gasteiger partial charge >= 0.3 is 0 Å². The first-order valence-electron chi connectivity index (χ1n) is 2.60. The molecule has 0 spiro atoms. The minimum absolute atomic E-state index is 0.240. The molecule has 54 valence electrons. The maximum Gasteiger partial charge on any atom is 0.293 e. The van der Waals surface area contributed by atoms with Gasteiger partial charge in [0, 0.05) is 0 Å². The molecule has 0 rings (SSSR count). The van der Waals surface area contributed by atoms with Crippen molar-refractivity contribution in [3.8, 4) is 0 Å². The first-order valence-corrected chi connectivity index (χ1v) is 2.60. The number of aliphatic hydroxyl groups excluding tert-OH is 2. The molecule has 0 aliphatic carbocycles. The van der Waals surface area contributed by atoms with Crippen molar-refractivity contribution in [1.29, 1.82) is 0 Å². The fourth-order valence-electron chi connectivity index (χ4n) is 0.327. The lowest BCUT2D eigenvalue weighted by atomic mass is 10.2. The van der Waals surface area contributed by atoms with Crippen LogP contribution in [0.5, 0.6) is 0 Å². The highest BCUT2D eigenvalue weighted by Crippen LogP contribution is 1.94. The van der Waals surface area contributed by atoms with Crippen molar-refractivity contribution < 1.29 is 19.7 Å². The Morgan fingerprint density at radius 1 is 1.78 bits per heavy atom. The van der Waals surface area contributed by atoms with E-state index in [0.29, 0.717) is 0 Å². The van der Waals surface area contributed by atoms with Gasteiger partial charge in [0.2, 0.25) is 0 Å². The van der Waals surface area contributed by atoms with Gasteiger partial charge in [-0.1, -0.05) is 0 Å². The SMILES string of the molecule is CC(OC=O)C(O)CO. The summed E-state index contributed by atoms with van der Waals surface area (Å²) in [5.74, 6) is 0. The van der Waals surface area contributed by atoms with Crippen LogP contribution in [0.3, 0.4) is 0 Å². The van der Waals surface area contributed by atoms with Gasteiger partial charge in [0.25, 0.3) is 6.47 Å². The summed E-state index contributed by atoms with van der Waals surface area (Å²) in [6.07, 6.45) is -1.61. The summed E-state index contributed by atoms with van der Waals surface area (Å²) in [6.45, 7) is 1.34. The Hall–Kier alpha value is -0.610. The average molecular weight is 134 g/mol. The smallest absolute Gasteiger partial charge is 0.293 e. The summed E-state index contributed by atoms with van der Waals surface area (Å²) in [5.41, 5.74) is 0. The van der Waals surface area contributed by atoms with Crippen molar-refractivity contribution in [1.82, 2.24) is 0 Å². The Kier molecular flexibility index (Phi) is 4.00. The molecule has 0 radical (unpaired) electrons. The molecule has 0 aliphatic rings. The highest BCUT2D eigenvalue weighted by Gasteiger charge is 2.12. The second-order valence-corrected chi connectivity index (χ2v) is 1.69. The standard InChI is InChI=1S/C5H10O4/c1-4(9-3-7)5(8)2-6/h3-6,8H,2H2,1H3. The normalized spacial score (nSPS) is 16.3. The topological polar surface area (TPSA) is 66.8 Å². The van der Waals surface area contributed by atoms with E-state index in [0.717, 1.165) is 0 Å². The molecule has 0 aromatic heterocycles. The van der Waals surface area contributed by atoms with E-state index < -0.39 is 18.8 Å². The number of rotatable bonds is 4. The van der Waals surface area contributed by atoms with Crippen molar-refractivity contribution in [2.75, 3.05) is 6.61 Å². The molecule has 0 amide bonds. The minimum Gasteiger partial charge on any atom is -0.462 e. The molecular weight excluding hydrogens is 124 g/mol. The number of carbonyl (C=O) groups excluding carboxylic acids is 1. The fraction of sp³-hybridized carbons (Fsp3) is 0.800. The van der Waals surface area contributed by atoms with Gasteiger partial charge < -0.3 is 14.9 Å². The summed E-state index contributed by atoms with van der Waals surface area (Å²) in [7, 11) is 0. The summed E-state index contributed by atoms with van der Waals surface area (Å²) >= 11 is 0. The van der Waals surface area contributed by atoms with Gasteiger partial charge in [0.15, 0.2) is 0 Å². The van der Waals surface area contributed by atoms with E-state index in [2.05, 4.69) is 4.74 Å².